The van der Waals surface area contributed by atoms with Gasteiger partial charge in [0.2, 0.25) is 0 Å². The van der Waals surface area contributed by atoms with Gasteiger partial charge in [-0.15, -0.1) is 5.73 Å². The zero-order chi connectivity index (χ0) is 9.68. The molecular formula is C11H11ClO. The molecule has 0 radical (unpaired) electrons. The molecule has 0 heterocycles. The third-order valence-electron chi connectivity index (χ3n) is 1.75. The van der Waals surface area contributed by atoms with Gasteiger partial charge < -0.3 is 5.11 Å². The summed E-state index contributed by atoms with van der Waals surface area (Å²) in [5.41, 5.74) is 3.36. The number of aliphatic hydroxyl groups excluding tert-OH is 1. The van der Waals surface area contributed by atoms with Gasteiger partial charge in [0.15, 0.2) is 0 Å². The molecule has 0 amide bonds. The van der Waals surface area contributed by atoms with Gasteiger partial charge in [0, 0.05) is 11.4 Å². The topological polar surface area (TPSA) is 20.2 Å². The summed E-state index contributed by atoms with van der Waals surface area (Å²) < 4.78 is 0. The number of aliphatic hydroxyl groups is 1. The van der Waals surface area contributed by atoms with E-state index in [4.69, 9.17) is 11.6 Å². The summed E-state index contributed by atoms with van der Waals surface area (Å²) in [5.74, 6) is 0. The lowest BCUT2D eigenvalue weighted by atomic mass is 10.1. The summed E-state index contributed by atoms with van der Waals surface area (Å²) in [7, 11) is 0. The number of hydrogen-bond donors (Lipinski definition) is 1. The van der Waals surface area contributed by atoms with Crippen LogP contribution in [0.2, 0.25) is 5.02 Å². The van der Waals surface area contributed by atoms with Gasteiger partial charge in [0.05, 0.1) is 6.10 Å². The highest BCUT2D eigenvalue weighted by atomic mass is 35.5. The summed E-state index contributed by atoms with van der Waals surface area (Å²) >= 11 is 5.89. The van der Waals surface area contributed by atoms with Crippen LogP contribution in [0.15, 0.2) is 42.7 Å². The summed E-state index contributed by atoms with van der Waals surface area (Å²) in [4.78, 5) is 0. The first kappa shape index (κ1) is 10.1. The van der Waals surface area contributed by atoms with Gasteiger partial charge in [-0.25, -0.2) is 0 Å². The predicted octanol–water partition coefficient (Wildman–Crippen LogP) is 3.10. The number of hydrogen-bond acceptors (Lipinski definition) is 1. The van der Waals surface area contributed by atoms with E-state index in [1.54, 1.807) is 12.1 Å². The Bertz CT molecular complexity index is 327. The van der Waals surface area contributed by atoms with Crippen molar-refractivity contribution in [1.29, 1.82) is 0 Å². The molecule has 1 rings (SSSR count). The quantitative estimate of drug-likeness (QED) is 0.734. The van der Waals surface area contributed by atoms with E-state index in [-0.39, 0.29) is 0 Å². The molecular weight excluding hydrogens is 184 g/mol. The Morgan fingerprint density at radius 1 is 1.54 bits per heavy atom. The highest BCUT2D eigenvalue weighted by Gasteiger charge is 2.08. The Morgan fingerprint density at radius 2 is 2.23 bits per heavy atom. The summed E-state index contributed by atoms with van der Waals surface area (Å²) in [5, 5.41) is 10.2. The lowest BCUT2D eigenvalue weighted by Gasteiger charge is -2.09. The van der Waals surface area contributed by atoms with Crippen LogP contribution in [-0.2, 0) is 0 Å². The van der Waals surface area contributed by atoms with Crippen LogP contribution in [-0.4, -0.2) is 5.11 Å². The fourth-order valence-corrected chi connectivity index (χ4v) is 1.33. The first-order valence-corrected chi connectivity index (χ1v) is 4.40. The standard InChI is InChI=1S/C11H11ClO/c1-2-3-8-11(13)9-6-4-5-7-10(9)12/h3-7,11,13H,1,8H2. The molecule has 1 nitrogen and oxygen atoms in total. The zero-order valence-electron chi connectivity index (χ0n) is 7.20. The Kier molecular flexibility index (Phi) is 3.78. The molecule has 0 saturated heterocycles. The van der Waals surface area contributed by atoms with Crippen molar-refractivity contribution in [3.05, 3.63) is 53.2 Å². The molecule has 0 aliphatic heterocycles. The van der Waals surface area contributed by atoms with E-state index in [9.17, 15) is 5.11 Å². The molecule has 0 fully saturated rings. The maximum atomic E-state index is 9.65. The van der Waals surface area contributed by atoms with Gasteiger partial charge in [-0.3, -0.25) is 0 Å². The third-order valence-corrected chi connectivity index (χ3v) is 2.09. The van der Waals surface area contributed by atoms with E-state index in [2.05, 4.69) is 12.3 Å². The van der Waals surface area contributed by atoms with Crippen molar-refractivity contribution in [3.63, 3.8) is 0 Å². The normalized spacial score (nSPS) is 11.8. The molecule has 0 aromatic heterocycles. The lowest BCUT2D eigenvalue weighted by Crippen LogP contribution is -1.95. The van der Waals surface area contributed by atoms with Crippen LogP contribution < -0.4 is 0 Å². The van der Waals surface area contributed by atoms with Crippen molar-refractivity contribution < 1.29 is 5.11 Å². The van der Waals surface area contributed by atoms with Gasteiger partial charge in [-0.2, -0.15) is 0 Å². The average Bonchev–Trinajstić information content (AvgIpc) is 2.15. The second-order valence-corrected chi connectivity index (χ2v) is 3.09. The van der Waals surface area contributed by atoms with Gasteiger partial charge in [-0.05, 0) is 17.7 Å². The van der Waals surface area contributed by atoms with Gasteiger partial charge in [0.25, 0.3) is 0 Å². The molecule has 1 atom stereocenters. The van der Waals surface area contributed by atoms with E-state index in [1.807, 2.05) is 18.2 Å². The molecule has 2 heteroatoms. The minimum absolute atomic E-state index is 0.493. The SMILES string of the molecule is C=C=CCC(O)c1ccccc1Cl. The van der Waals surface area contributed by atoms with Crippen molar-refractivity contribution in [2.24, 2.45) is 0 Å². The van der Waals surface area contributed by atoms with Crippen LogP contribution in [0.4, 0.5) is 0 Å². The van der Waals surface area contributed by atoms with E-state index < -0.39 is 6.10 Å². The van der Waals surface area contributed by atoms with Crippen molar-refractivity contribution in [2.45, 2.75) is 12.5 Å². The Morgan fingerprint density at radius 3 is 2.85 bits per heavy atom. The minimum Gasteiger partial charge on any atom is -0.388 e. The molecule has 68 valence electrons. The summed E-state index contributed by atoms with van der Waals surface area (Å²) in [6.45, 7) is 3.42. The Balaban J connectivity index is 2.81. The molecule has 1 aromatic rings. The first-order chi connectivity index (χ1) is 6.25. The highest BCUT2D eigenvalue weighted by Crippen LogP contribution is 2.24. The van der Waals surface area contributed by atoms with Gasteiger partial charge in [-0.1, -0.05) is 36.4 Å². The Hall–Kier alpha value is -1.01. The minimum atomic E-state index is -0.567. The van der Waals surface area contributed by atoms with Crippen LogP contribution in [0.25, 0.3) is 0 Å². The molecule has 1 N–H and O–H groups in total. The monoisotopic (exact) mass is 194 g/mol. The number of halogens is 1. The second-order valence-electron chi connectivity index (χ2n) is 2.68. The fourth-order valence-electron chi connectivity index (χ4n) is 1.07. The molecule has 0 bridgehead atoms. The van der Waals surface area contributed by atoms with Crippen LogP contribution in [0.5, 0.6) is 0 Å². The van der Waals surface area contributed by atoms with E-state index >= 15 is 0 Å². The van der Waals surface area contributed by atoms with Crippen molar-refractivity contribution in [2.75, 3.05) is 0 Å². The molecule has 1 aromatic carbocycles. The van der Waals surface area contributed by atoms with Crippen molar-refractivity contribution in [3.8, 4) is 0 Å². The van der Waals surface area contributed by atoms with Crippen LogP contribution >= 0.6 is 11.6 Å². The van der Waals surface area contributed by atoms with Crippen LogP contribution in [0.1, 0.15) is 18.1 Å². The molecule has 0 aliphatic carbocycles. The summed E-state index contributed by atoms with van der Waals surface area (Å²) in [6, 6.07) is 7.26. The van der Waals surface area contributed by atoms with Crippen molar-refractivity contribution in [1.82, 2.24) is 0 Å². The maximum Gasteiger partial charge on any atom is 0.0844 e. The first-order valence-electron chi connectivity index (χ1n) is 4.02. The van der Waals surface area contributed by atoms with Crippen LogP contribution in [0.3, 0.4) is 0 Å². The van der Waals surface area contributed by atoms with Gasteiger partial charge in [0.1, 0.15) is 0 Å². The molecule has 0 saturated carbocycles. The van der Waals surface area contributed by atoms with E-state index in [0.717, 1.165) is 5.56 Å². The van der Waals surface area contributed by atoms with E-state index in [0.29, 0.717) is 11.4 Å². The van der Waals surface area contributed by atoms with E-state index in [1.165, 1.54) is 0 Å². The molecule has 1 unspecified atom stereocenters. The molecule has 0 spiro atoms. The smallest absolute Gasteiger partial charge is 0.0844 e. The number of rotatable bonds is 3. The number of benzene rings is 1. The Labute approximate surface area is 83.0 Å². The highest BCUT2D eigenvalue weighted by molar-refractivity contribution is 6.31. The maximum absolute atomic E-state index is 9.65. The van der Waals surface area contributed by atoms with Crippen LogP contribution in [0, 0.1) is 0 Å². The summed E-state index contributed by atoms with van der Waals surface area (Å²) in [6.07, 6.45) is 1.62. The third kappa shape index (κ3) is 2.74. The van der Waals surface area contributed by atoms with Gasteiger partial charge >= 0.3 is 0 Å². The predicted molar refractivity (Wildman–Crippen MR) is 54.7 cm³/mol. The fraction of sp³-hybridized carbons (Fsp3) is 0.182. The largest absolute Gasteiger partial charge is 0.388 e. The average molecular weight is 195 g/mol. The zero-order valence-corrected chi connectivity index (χ0v) is 7.96. The second kappa shape index (κ2) is 4.88. The van der Waals surface area contributed by atoms with Crippen molar-refractivity contribution >= 4 is 11.6 Å². The molecule has 0 aliphatic rings. The lowest BCUT2D eigenvalue weighted by molar-refractivity contribution is 0.181. The molecule has 13 heavy (non-hydrogen) atoms.